The number of ether oxygens (including phenoxy) is 1. The zero-order valence-electron chi connectivity index (χ0n) is 21.5. The van der Waals surface area contributed by atoms with E-state index in [1.165, 1.54) is 12.1 Å². The first kappa shape index (κ1) is 26.7. The normalized spacial score (nSPS) is 11.0. The van der Waals surface area contributed by atoms with Crippen molar-refractivity contribution in [2.75, 3.05) is 10.6 Å². The van der Waals surface area contributed by atoms with Gasteiger partial charge in [-0.05, 0) is 57.5 Å². The van der Waals surface area contributed by atoms with Crippen molar-refractivity contribution in [2.24, 2.45) is 0 Å². The van der Waals surface area contributed by atoms with Crippen molar-refractivity contribution in [3.63, 3.8) is 0 Å². The summed E-state index contributed by atoms with van der Waals surface area (Å²) in [6.45, 7) is 7.39. The molecule has 10 heteroatoms. The van der Waals surface area contributed by atoms with Crippen molar-refractivity contribution < 1.29 is 19.1 Å². The largest absolute Gasteiger partial charge is 0.459 e. The number of rotatable bonds is 8. The smallest absolute Gasteiger partial charge is 0.338 e. The van der Waals surface area contributed by atoms with Crippen LogP contribution in [0.25, 0.3) is 4.96 Å². The maximum atomic E-state index is 13.5. The minimum atomic E-state index is -0.688. The van der Waals surface area contributed by atoms with Crippen molar-refractivity contribution >= 4 is 45.5 Å². The van der Waals surface area contributed by atoms with Crippen molar-refractivity contribution in [1.29, 1.82) is 0 Å². The van der Waals surface area contributed by atoms with E-state index >= 15 is 0 Å². The average molecular weight is 533 g/mol. The van der Waals surface area contributed by atoms with Gasteiger partial charge in [-0.25, -0.2) is 14.2 Å². The van der Waals surface area contributed by atoms with Crippen LogP contribution in [0.5, 0.6) is 0 Å². The highest BCUT2D eigenvalue weighted by atomic mass is 32.1. The molecule has 0 fully saturated rings. The third-order valence-electron chi connectivity index (χ3n) is 5.51. The number of nitrogens with one attached hydrogen (secondary N) is 2. The van der Waals surface area contributed by atoms with Gasteiger partial charge < -0.3 is 15.4 Å². The fourth-order valence-corrected chi connectivity index (χ4v) is 4.83. The van der Waals surface area contributed by atoms with Crippen LogP contribution in [-0.4, -0.2) is 33.3 Å². The summed E-state index contributed by atoms with van der Waals surface area (Å²) in [5.41, 5.74) is 2.14. The Kier molecular flexibility index (Phi) is 8.02. The molecule has 9 nitrogen and oxygen atoms in total. The molecular weight excluding hydrogens is 504 g/mol. The summed E-state index contributed by atoms with van der Waals surface area (Å²) in [7, 11) is 0. The van der Waals surface area contributed by atoms with Crippen LogP contribution in [-0.2, 0) is 11.2 Å². The second kappa shape index (κ2) is 11.4. The molecule has 38 heavy (non-hydrogen) atoms. The van der Waals surface area contributed by atoms with E-state index < -0.39 is 23.3 Å². The molecule has 2 aromatic carbocycles. The molecule has 2 aromatic heterocycles. The number of hydrogen-bond donors (Lipinski definition) is 2. The van der Waals surface area contributed by atoms with E-state index in [0.29, 0.717) is 23.5 Å². The maximum absolute atomic E-state index is 13.5. The van der Waals surface area contributed by atoms with Gasteiger partial charge in [0.15, 0.2) is 4.96 Å². The summed E-state index contributed by atoms with van der Waals surface area (Å²) in [5.74, 6) is -1.76. The van der Waals surface area contributed by atoms with Gasteiger partial charge >= 0.3 is 5.97 Å². The van der Waals surface area contributed by atoms with E-state index in [1.807, 2.05) is 26.0 Å². The van der Waals surface area contributed by atoms with Crippen LogP contribution < -0.4 is 16.2 Å². The van der Waals surface area contributed by atoms with Crippen LogP contribution in [0.15, 0.2) is 59.4 Å². The Balaban J connectivity index is 1.74. The lowest BCUT2D eigenvalue weighted by Crippen LogP contribution is -2.25. The molecule has 4 rings (SSSR count). The van der Waals surface area contributed by atoms with Crippen LogP contribution in [0, 0.1) is 6.92 Å². The van der Waals surface area contributed by atoms with Crippen LogP contribution in [0.4, 0.5) is 11.4 Å². The summed E-state index contributed by atoms with van der Waals surface area (Å²) in [4.78, 5) is 57.1. The molecule has 0 radical (unpaired) electrons. The van der Waals surface area contributed by atoms with E-state index in [1.54, 1.807) is 44.2 Å². The highest BCUT2D eigenvalue weighted by molar-refractivity contribution is 7.19. The lowest BCUT2D eigenvalue weighted by Gasteiger charge is -2.11. The molecule has 2 N–H and O–H groups in total. The van der Waals surface area contributed by atoms with Crippen LogP contribution >= 0.6 is 11.3 Å². The molecule has 0 aliphatic heterocycles. The molecule has 0 saturated heterocycles. The Morgan fingerprint density at radius 3 is 2.39 bits per heavy atom. The minimum Gasteiger partial charge on any atom is -0.459 e. The Labute approximate surface area is 223 Å². The van der Waals surface area contributed by atoms with Crippen molar-refractivity contribution in [3.8, 4) is 0 Å². The van der Waals surface area contributed by atoms with E-state index in [-0.39, 0.29) is 27.2 Å². The van der Waals surface area contributed by atoms with Gasteiger partial charge in [0.2, 0.25) is 0 Å². The standard InChI is InChI=1S/C28H28N4O5S/c1-5-7-20-15-22(33)32-23(25(34)30-21-9-6-8-18(14-21)27(36)37-16(2)3)24(38-28(32)31-20)26(35)29-19-12-10-17(4)11-13-19/h6,8-16H,5,7H2,1-4H3,(H,29,35)(H,30,34). The monoisotopic (exact) mass is 532 g/mol. The zero-order chi connectivity index (χ0) is 27.4. The number of nitrogens with zero attached hydrogens (tertiary/aromatic N) is 2. The average Bonchev–Trinajstić information content (AvgIpc) is 3.26. The van der Waals surface area contributed by atoms with Gasteiger partial charge in [-0.2, -0.15) is 0 Å². The zero-order valence-corrected chi connectivity index (χ0v) is 22.3. The Morgan fingerprint density at radius 2 is 1.71 bits per heavy atom. The van der Waals surface area contributed by atoms with Crippen molar-refractivity contribution in [1.82, 2.24) is 9.38 Å². The Hall–Kier alpha value is -4.31. The van der Waals surface area contributed by atoms with E-state index in [4.69, 9.17) is 4.74 Å². The molecule has 0 unspecified atom stereocenters. The number of carbonyl (C=O) groups excluding carboxylic acids is 3. The maximum Gasteiger partial charge on any atom is 0.338 e. The van der Waals surface area contributed by atoms with E-state index in [0.717, 1.165) is 27.7 Å². The highest BCUT2D eigenvalue weighted by Gasteiger charge is 2.27. The summed E-state index contributed by atoms with van der Waals surface area (Å²) < 4.78 is 6.38. The number of aryl methyl sites for hydroxylation is 2. The lowest BCUT2D eigenvalue weighted by molar-refractivity contribution is 0.0377. The number of benzene rings is 2. The number of thiazole rings is 1. The fourth-order valence-electron chi connectivity index (χ4n) is 3.79. The minimum absolute atomic E-state index is 0.0386. The molecule has 0 spiro atoms. The second-order valence-corrected chi connectivity index (χ2v) is 10.0. The van der Waals surface area contributed by atoms with Gasteiger partial charge in [0.05, 0.1) is 11.7 Å². The molecule has 0 bridgehead atoms. The molecule has 0 saturated carbocycles. The van der Waals surface area contributed by atoms with Crippen LogP contribution in [0.1, 0.15) is 69.0 Å². The topological polar surface area (TPSA) is 119 Å². The summed E-state index contributed by atoms with van der Waals surface area (Å²) in [5, 5.41) is 5.51. The van der Waals surface area contributed by atoms with Gasteiger partial charge in [-0.3, -0.25) is 14.4 Å². The molecule has 196 valence electrons. The third kappa shape index (κ3) is 5.97. The Morgan fingerprint density at radius 1 is 1.00 bits per heavy atom. The first-order valence-corrected chi connectivity index (χ1v) is 13.0. The SMILES string of the molecule is CCCc1cc(=O)n2c(C(=O)Nc3cccc(C(=O)OC(C)C)c3)c(C(=O)Nc3ccc(C)cc3)sc2n1. The number of fused-ring (bicyclic) bond motifs is 1. The number of esters is 1. The van der Waals surface area contributed by atoms with Gasteiger partial charge in [-0.15, -0.1) is 0 Å². The number of carbonyl (C=O) groups is 3. The van der Waals surface area contributed by atoms with Crippen LogP contribution in [0.2, 0.25) is 0 Å². The number of amides is 2. The molecule has 0 atom stereocenters. The summed E-state index contributed by atoms with van der Waals surface area (Å²) in [6.07, 6.45) is 1.08. The van der Waals surface area contributed by atoms with Crippen molar-refractivity contribution in [3.05, 3.63) is 92.3 Å². The van der Waals surface area contributed by atoms with Gasteiger partial charge in [0.1, 0.15) is 10.6 Å². The molecule has 2 heterocycles. The van der Waals surface area contributed by atoms with Gasteiger partial charge in [0.25, 0.3) is 17.4 Å². The number of hydrogen-bond acceptors (Lipinski definition) is 7. The lowest BCUT2D eigenvalue weighted by atomic mass is 10.2. The fraction of sp³-hybridized carbons (Fsp3) is 0.250. The quantitative estimate of drug-likeness (QED) is 0.305. The van der Waals surface area contributed by atoms with Crippen LogP contribution in [0.3, 0.4) is 0 Å². The molecule has 0 aliphatic rings. The first-order chi connectivity index (χ1) is 18.2. The van der Waals surface area contributed by atoms with E-state index in [9.17, 15) is 19.2 Å². The number of aromatic nitrogens is 2. The predicted molar refractivity (Wildman–Crippen MR) is 147 cm³/mol. The molecule has 4 aromatic rings. The summed E-state index contributed by atoms with van der Waals surface area (Å²) in [6, 6.07) is 14.9. The summed E-state index contributed by atoms with van der Waals surface area (Å²) >= 11 is 0.967. The highest BCUT2D eigenvalue weighted by Crippen LogP contribution is 2.25. The predicted octanol–water partition coefficient (Wildman–Crippen LogP) is 5.09. The first-order valence-electron chi connectivity index (χ1n) is 12.2. The number of anilines is 2. The molecule has 2 amide bonds. The molecular formula is C28H28N4O5S. The molecule has 0 aliphatic carbocycles. The second-order valence-electron chi connectivity index (χ2n) is 9.04. The van der Waals surface area contributed by atoms with Gasteiger partial charge in [-0.1, -0.05) is 48.4 Å². The third-order valence-corrected chi connectivity index (χ3v) is 6.55. The van der Waals surface area contributed by atoms with E-state index in [2.05, 4.69) is 15.6 Å². The van der Waals surface area contributed by atoms with Crippen molar-refractivity contribution in [2.45, 2.75) is 46.6 Å². The Bertz CT molecular complexity index is 1570. The van der Waals surface area contributed by atoms with Gasteiger partial charge in [0, 0.05) is 23.1 Å².